The molecule has 1 heterocycles. The lowest BCUT2D eigenvalue weighted by Crippen LogP contribution is -2.49. The second kappa shape index (κ2) is 6.42. The third-order valence-electron chi connectivity index (χ3n) is 3.81. The fraction of sp³-hybridized carbons (Fsp3) is 0.571. The maximum absolute atomic E-state index is 10.5. The SMILES string of the molecule is COC1(C(O)Cc2c(Cl)cccc2Cl)CCOCC1. The largest absolute Gasteiger partial charge is 0.390 e. The Bertz CT molecular complexity index is 410. The summed E-state index contributed by atoms with van der Waals surface area (Å²) in [7, 11) is 1.63. The lowest BCUT2D eigenvalue weighted by Gasteiger charge is -2.40. The number of hydrogen-bond donors (Lipinski definition) is 1. The summed E-state index contributed by atoms with van der Waals surface area (Å²) in [5, 5.41) is 11.7. The maximum Gasteiger partial charge on any atom is 0.0983 e. The number of hydrogen-bond acceptors (Lipinski definition) is 3. The van der Waals surface area contributed by atoms with Crippen molar-refractivity contribution in [3.63, 3.8) is 0 Å². The van der Waals surface area contributed by atoms with Crippen LogP contribution in [0.3, 0.4) is 0 Å². The van der Waals surface area contributed by atoms with Crippen LogP contribution in [0.5, 0.6) is 0 Å². The van der Waals surface area contributed by atoms with E-state index in [1.807, 2.05) is 0 Å². The number of aliphatic hydroxyl groups excluding tert-OH is 1. The lowest BCUT2D eigenvalue weighted by molar-refractivity contribution is -0.151. The van der Waals surface area contributed by atoms with Crippen molar-refractivity contribution >= 4 is 23.2 Å². The first-order valence-corrected chi connectivity index (χ1v) is 7.08. The highest BCUT2D eigenvalue weighted by Gasteiger charge is 2.40. The molecule has 1 atom stereocenters. The van der Waals surface area contributed by atoms with Crippen molar-refractivity contribution < 1.29 is 14.6 Å². The van der Waals surface area contributed by atoms with E-state index in [0.29, 0.717) is 42.5 Å². The molecule has 1 saturated heterocycles. The minimum absolute atomic E-state index is 0.381. The summed E-state index contributed by atoms with van der Waals surface area (Å²) in [6, 6.07) is 5.35. The van der Waals surface area contributed by atoms with Crippen molar-refractivity contribution in [1.29, 1.82) is 0 Å². The third-order valence-corrected chi connectivity index (χ3v) is 4.52. The average molecular weight is 305 g/mol. The van der Waals surface area contributed by atoms with Gasteiger partial charge in [-0.25, -0.2) is 0 Å². The van der Waals surface area contributed by atoms with Crippen LogP contribution in [0.4, 0.5) is 0 Å². The summed E-state index contributed by atoms with van der Waals surface area (Å²) in [5.74, 6) is 0. The van der Waals surface area contributed by atoms with Gasteiger partial charge in [0.15, 0.2) is 0 Å². The minimum Gasteiger partial charge on any atom is -0.390 e. The van der Waals surface area contributed by atoms with Gasteiger partial charge in [-0.05, 0) is 17.7 Å². The summed E-state index contributed by atoms with van der Waals surface area (Å²) in [6.45, 7) is 1.20. The van der Waals surface area contributed by atoms with E-state index in [4.69, 9.17) is 32.7 Å². The number of benzene rings is 1. The van der Waals surface area contributed by atoms with Crippen LogP contribution < -0.4 is 0 Å². The molecule has 1 unspecified atom stereocenters. The molecule has 1 aliphatic heterocycles. The van der Waals surface area contributed by atoms with Crippen LogP contribution in [0.25, 0.3) is 0 Å². The number of aliphatic hydroxyl groups is 1. The Hall–Kier alpha value is -0.320. The van der Waals surface area contributed by atoms with Gasteiger partial charge in [0.1, 0.15) is 0 Å². The predicted molar refractivity (Wildman–Crippen MR) is 76.0 cm³/mol. The topological polar surface area (TPSA) is 38.7 Å². The van der Waals surface area contributed by atoms with E-state index in [1.54, 1.807) is 25.3 Å². The van der Waals surface area contributed by atoms with Gasteiger partial charge in [-0.1, -0.05) is 29.3 Å². The van der Waals surface area contributed by atoms with Gasteiger partial charge < -0.3 is 14.6 Å². The molecular formula is C14H18Cl2O3. The zero-order chi connectivity index (χ0) is 13.9. The van der Waals surface area contributed by atoms with Crippen molar-refractivity contribution in [2.45, 2.75) is 31.0 Å². The summed E-state index contributed by atoms with van der Waals surface area (Å²) in [6.07, 6.45) is 1.07. The van der Waals surface area contributed by atoms with Crippen molar-refractivity contribution in [3.05, 3.63) is 33.8 Å². The van der Waals surface area contributed by atoms with E-state index < -0.39 is 11.7 Å². The van der Waals surface area contributed by atoms with E-state index in [1.165, 1.54) is 0 Å². The number of methoxy groups -OCH3 is 1. The average Bonchev–Trinajstić information content (AvgIpc) is 2.43. The second-order valence-corrected chi connectivity index (χ2v) is 5.62. The van der Waals surface area contributed by atoms with Gasteiger partial charge in [0.25, 0.3) is 0 Å². The lowest BCUT2D eigenvalue weighted by atomic mass is 9.84. The molecule has 106 valence electrons. The predicted octanol–water partition coefficient (Wildman–Crippen LogP) is 3.09. The van der Waals surface area contributed by atoms with Gasteiger partial charge in [-0.15, -0.1) is 0 Å². The summed E-state index contributed by atoms with van der Waals surface area (Å²) < 4.78 is 10.9. The van der Waals surface area contributed by atoms with Crippen molar-refractivity contribution in [2.75, 3.05) is 20.3 Å². The van der Waals surface area contributed by atoms with Crippen molar-refractivity contribution in [2.24, 2.45) is 0 Å². The molecule has 1 aromatic rings. The van der Waals surface area contributed by atoms with E-state index in [0.717, 1.165) is 5.56 Å². The highest BCUT2D eigenvalue weighted by molar-refractivity contribution is 6.36. The smallest absolute Gasteiger partial charge is 0.0983 e. The van der Waals surface area contributed by atoms with E-state index in [-0.39, 0.29) is 0 Å². The quantitative estimate of drug-likeness (QED) is 0.929. The van der Waals surface area contributed by atoms with Crippen LogP contribution in [0.15, 0.2) is 18.2 Å². The van der Waals surface area contributed by atoms with E-state index >= 15 is 0 Å². The summed E-state index contributed by atoms with van der Waals surface area (Å²) >= 11 is 12.3. The minimum atomic E-state index is -0.654. The molecule has 1 fully saturated rings. The highest BCUT2D eigenvalue weighted by Crippen LogP contribution is 2.33. The van der Waals surface area contributed by atoms with Gasteiger partial charge >= 0.3 is 0 Å². The standard InChI is InChI=1S/C14H18Cl2O3/c1-18-14(5-7-19-8-6-14)13(17)9-10-11(15)3-2-4-12(10)16/h2-4,13,17H,5-9H2,1H3. The summed E-state index contributed by atoms with van der Waals surface area (Å²) in [5.41, 5.74) is 0.196. The monoisotopic (exact) mass is 304 g/mol. The molecule has 1 aromatic carbocycles. The normalized spacial score (nSPS) is 20.2. The molecule has 0 bridgehead atoms. The molecule has 3 nitrogen and oxygen atoms in total. The van der Waals surface area contributed by atoms with E-state index in [2.05, 4.69) is 0 Å². The number of rotatable bonds is 4. The molecule has 0 aromatic heterocycles. The van der Waals surface area contributed by atoms with Crippen molar-refractivity contribution in [3.8, 4) is 0 Å². The number of halogens is 2. The summed E-state index contributed by atoms with van der Waals surface area (Å²) in [4.78, 5) is 0. The zero-order valence-electron chi connectivity index (χ0n) is 10.9. The Morgan fingerprint density at radius 3 is 2.42 bits per heavy atom. The zero-order valence-corrected chi connectivity index (χ0v) is 12.4. The Morgan fingerprint density at radius 2 is 1.89 bits per heavy atom. The fourth-order valence-electron chi connectivity index (χ4n) is 2.50. The molecular weight excluding hydrogens is 287 g/mol. The van der Waals surface area contributed by atoms with Gasteiger partial charge in [0.2, 0.25) is 0 Å². The molecule has 2 rings (SSSR count). The Kier molecular flexibility index (Phi) is 5.09. The van der Waals surface area contributed by atoms with E-state index in [9.17, 15) is 5.11 Å². The third kappa shape index (κ3) is 3.23. The van der Waals surface area contributed by atoms with Crippen LogP contribution in [-0.4, -0.2) is 37.1 Å². The molecule has 0 radical (unpaired) electrons. The van der Waals surface area contributed by atoms with Gasteiger partial charge in [0, 0.05) is 49.6 Å². The molecule has 0 spiro atoms. The van der Waals surface area contributed by atoms with Gasteiger partial charge in [-0.2, -0.15) is 0 Å². The van der Waals surface area contributed by atoms with Crippen LogP contribution >= 0.6 is 23.2 Å². The van der Waals surface area contributed by atoms with Gasteiger partial charge in [-0.3, -0.25) is 0 Å². The van der Waals surface area contributed by atoms with Crippen LogP contribution in [0.2, 0.25) is 10.0 Å². The maximum atomic E-state index is 10.5. The molecule has 0 aliphatic carbocycles. The second-order valence-electron chi connectivity index (χ2n) is 4.80. The Labute approximate surface area is 123 Å². The Morgan fingerprint density at radius 1 is 1.32 bits per heavy atom. The first-order valence-electron chi connectivity index (χ1n) is 6.33. The highest BCUT2D eigenvalue weighted by atomic mass is 35.5. The first kappa shape index (κ1) is 15.1. The molecule has 19 heavy (non-hydrogen) atoms. The van der Waals surface area contributed by atoms with Crippen LogP contribution in [0.1, 0.15) is 18.4 Å². The Balaban J connectivity index is 2.17. The first-order chi connectivity index (χ1) is 9.09. The fourth-order valence-corrected chi connectivity index (χ4v) is 3.05. The molecule has 0 amide bonds. The van der Waals surface area contributed by atoms with Crippen LogP contribution in [-0.2, 0) is 15.9 Å². The molecule has 1 aliphatic rings. The van der Waals surface area contributed by atoms with Crippen molar-refractivity contribution in [1.82, 2.24) is 0 Å². The molecule has 1 N–H and O–H groups in total. The molecule has 5 heteroatoms. The van der Waals surface area contributed by atoms with Gasteiger partial charge in [0.05, 0.1) is 11.7 Å². The molecule has 0 saturated carbocycles. The van der Waals surface area contributed by atoms with Crippen LogP contribution in [0, 0.1) is 0 Å². The number of ether oxygens (including phenoxy) is 2.